The van der Waals surface area contributed by atoms with Crippen molar-refractivity contribution in [2.45, 2.75) is 64.3 Å². The minimum Gasteiger partial charge on any atom is -0.342 e. The van der Waals surface area contributed by atoms with Crippen molar-refractivity contribution in [2.24, 2.45) is 17.8 Å². The summed E-state index contributed by atoms with van der Waals surface area (Å²) >= 11 is 0. The first kappa shape index (κ1) is 19.4. The Bertz CT molecular complexity index is 761. The summed E-state index contributed by atoms with van der Waals surface area (Å²) in [5, 5.41) is 0. The number of hydrogen-bond acceptors (Lipinski definition) is 2. The quantitative estimate of drug-likeness (QED) is 0.721. The Balaban J connectivity index is 1.19. The SMILES string of the molecule is CC1CCCN1CCc1ccc(C2=CC[C@@H]3CN(C(=O)C4CCCC4)C[C@H]23)cc1. The van der Waals surface area contributed by atoms with E-state index in [0.29, 0.717) is 23.7 Å². The predicted molar refractivity (Wildman–Crippen MR) is 119 cm³/mol. The molecule has 1 saturated carbocycles. The van der Waals surface area contributed by atoms with E-state index in [4.69, 9.17) is 0 Å². The van der Waals surface area contributed by atoms with Crippen molar-refractivity contribution in [3.05, 3.63) is 41.5 Å². The maximum Gasteiger partial charge on any atom is 0.225 e. The van der Waals surface area contributed by atoms with E-state index < -0.39 is 0 Å². The van der Waals surface area contributed by atoms with Crippen molar-refractivity contribution in [3.8, 4) is 0 Å². The summed E-state index contributed by atoms with van der Waals surface area (Å²) in [6, 6.07) is 10.1. The summed E-state index contributed by atoms with van der Waals surface area (Å²) in [5.41, 5.74) is 4.33. The van der Waals surface area contributed by atoms with Crippen LogP contribution in [0, 0.1) is 17.8 Å². The summed E-state index contributed by atoms with van der Waals surface area (Å²) in [6.45, 7) is 6.74. The van der Waals surface area contributed by atoms with Gasteiger partial charge in [0.05, 0.1) is 0 Å². The Hall–Kier alpha value is -1.61. The predicted octanol–water partition coefficient (Wildman–Crippen LogP) is 4.77. The van der Waals surface area contributed by atoms with Crippen LogP contribution in [-0.4, -0.2) is 47.9 Å². The highest BCUT2D eigenvalue weighted by atomic mass is 16.2. The Kier molecular flexibility index (Phi) is 5.51. The van der Waals surface area contributed by atoms with Crippen molar-refractivity contribution < 1.29 is 4.79 Å². The van der Waals surface area contributed by atoms with Gasteiger partial charge in [-0.05, 0) is 74.6 Å². The Morgan fingerprint density at radius 2 is 1.83 bits per heavy atom. The molecule has 0 aromatic heterocycles. The number of allylic oxidation sites excluding steroid dienone is 1. The molecule has 156 valence electrons. The van der Waals surface area contributed by atoms with Gasteiger partial charge in [0.15, 0.2) is 0 Å². The van der Waals surface area contributed by atoms with Crippen LogP contribution in [0.1, 0.15) is 63.0 Å². The first-order chi connectivity index (χ1) is 14.2. The number of carbonyl (C=O) groups is 1. The molecular formula is C26H36N2O. The third kappa shape index (κ3) is 3.91. The van der Waals surface area contributed by atoms with Gasteiger partial charge in [0.25, 0.3) is 0 Å². The minimum absolute atomic E-state index is 0.318. The maximum absolute atomic E-state index is 12.9. The number of likely N-dealkylation sites (tertiary alicyclic amines) is 2. The van der Waals surface area contributed by atoms with Gasteiger partial charge in [0.1, 0.15) is 0 Å². The molecule has 3 nitrogen and oxygen atoms in total. The summed E-state index contributed by atoms with van der Waals surface area (Å²) in [6.07, 6.45) is 12.2. The Morgan fingerprint density at radius 3 is 2.55 bits per heavy atom. The molecule has 3 fully saturated rings. The van der Waals surface area contributed by atoms with Crippen LogP contribution < -0.4 is 0 Å². The zero-order valence-corrected chi connectivity index (χ0v) is 18.0. The molecule has 3 heteroatoms. The van der Waals surface area contributed by atoms with Crippen LogP contribution in [0.2, 0.25) is 0 Å². The number of rotatable bonds is 5. The monoisotopic (exact) mass is 392 g/mol. The smallest absolute Gasteiger partial charge is 0.225 e. The molecule has 1 aromatic rings. The van der Waals surface area contributed by atoms with Crippen LogP contribution >= 0.6 is 0 Å². The molecule has 2 saturated heterocycles. The van der Waals surface area contributed by atoms with Gasteiger partial charge in [-0.2, -0.15) is 0 Å². The average Bonchev–Trinajstić information content (AvgIpc) is 3.51. The van der Waals surface area contributed by atoms with Crippen LogP contribution in [0.15, 0.2) is 30.3 Å². The van der Waals surface area contributed by atoms with Gasteiger partial charge in [0, 0.05) is 37.5 Å². The molecule has 1 unspecified atom stereocenters. The van der Waals surface area contributed by atoms with E-state index >= 15 is 0 Å². The number of nitrogens with zero attached hydrogens (tertiary/aromatic N) is 2. The largest absolute Gasteiger partial charge is 0.342 e. The second kappa shape index (κ2) is 8.26. The van der Waals surface area contributed by atoms with Crippen LogP contribution in [0.5, 0.6) is 0 Å². The molecule has 3 atom stereocenters. The van der Waals surface area contributed by atoms with Gasteiger partial charge >= 0.3 is 0 Å². The molecule has 0 radical (unpaired) electrons. The summed E-state index contributed by atoms with van der Waals surface area (Å²) in [4.78, 5) is 17.7. The third-order valence-corrected chi connectivity index (χ3v) is 8.16. The fourth-order valence-electron chi connectivity index (χ4n) is 6.30. The van der Waals surface area contributed by atoms with Crippen molar-refractivity contribution in [3.63, 3.8) is 0 Å². The molecule has 1 amide bonds. The fraction of sp³-hybridized carbons (Fsp3) is 0.654. The van der Waals surface area contributed by atoms with Gasteiger partial charge in [-0.1, -0.05) is 43.2 Å². The van der Waals surface area contributed by atoms with E-state index in [1.165, 1.54) is 55.5 Å². The van der Waals surface area contributed by atoms with Gasteiger partial charge in [-0.15, -0.1) is 0 Å². The van der Waals surface area contributed by atoms with E-state index in [2.05, 4.69) is 47.1 Å². The van der Waals surface area contributed by atoms with Crippen molar-refractivity contribution in [2.75, 3.05) is 26.2 Å². The summed E-state index contributed by atoms with van der Waals surface area (Å²) in [7, 11) is 0. The lowest BCUT2D eigenvalue weighted by atomic mass is 9.90. The minimum atomic E-state index is 0.318. The average molecular weight is 393 g/mol. The molecule has 1 aromatic carbocycles. The standard InChI is InChI=1S/C26H36N2O/c1-19-5-4-15-27(19)16-14-20-8-10-21(11-9-20)24-13-12-23-17-28(18-25(23)24)26(29)22-6-2-3-7-22/h8-11,13,19,22-23,25H,2-7,12,14-18H2,1H3/t19?,23-,25+/m1/s1. The number of carbonyl (C=O) groups excluding carboxylic acids is 1. The number of fused-ring (bicyclic) bond motifs is 1. The van der Waals surface area contributed by atoms with Gasteiger partial charge in [-0.25, -0.2) is 0 Å². The van der Waals surface area contributed by atoms with Gasteiger partial charge in [-0.3, -0.25) is 4.79 Å². The molecule has 0 spiro atoms. The molecule has 2 aliphatic heterocycles. The van der Waals surface area contributed by atoms with Crippen LogP contribution in [0.4, 0.5) is 0 Å². The number of hydrogen-bond donors (Lipinski definition) is 0. The van der Waals surface area contributed by atoms with Crippen LogP contribution in [-0.2, 0) is 11.2 Å². The highest BCUT2D eigenvalue weighted by molar-refractivity contribution is 5.81. The van der Waals surface area contributed by atoms with E-state index in [1.54, 1.807) is 0 Å². The molecule has 2 aliphatic carbocycles. The number of benzene rings is 1. The molecule has 0 bridgehead atoms. The highest BCUT2D eigenvalue weighted by Crippen LogP contribution is 2.44. The Labute approximate surface area is 176 Å². The lowest BCUT2D eigenvalue weighted by molar-refractivity contribution is -0.134. The lowest BCUT2D eigenvalue weighted by Crippen LogP contribution is -2.34. The zero-order chi connectivity index (χ0) is 19.8. The first-order valence-corrected chi connectivity index (χ1v) is 12.0. The highest BCUT2D eigenvalue weighted by Gasteiger charge is 2.41. The fourth-order valence-corrected chi connectivity index (χ4v) is 6.30. The topological polar surface area (TPSA) is 23.6 Å². The second-order valence-corrected chi connectivity index (χ2v) is 9.96. The van der Waals surface area contributed by atoms with Crippen LogP contribution in [0.25, 0.3) is 5.57 Å². The molecule has 4 aliphatic rings. The van der Waals surface area contributed by atoms with E-state index in [0.717, 1.165) is 44.8 Å². The number of amides is 1. The normalized spacial score (nSPS) is 30.2. The first-order valence-electron chi connectivity index (χ1n) is 12.0. The van der Waals surface area contributed by atoms with E-state index in [9.17, 15) is 4.79 Å². The van der Waals surface area contributed by atoms with Crippen molar-refractivity contribution in [1.29, 1.82) is 0 Å². The zero-order valence-electron chi connectivity index (χ0n) is 18.0. The van der Waals surface area contributed by atoms with Gasteiger partial charge < -0.3 is 9.80 Å². The molecular weight excluding hydrogens is 356 g/mol. The summed E-state index contributed by atoms with van der Waals surface area (Å²) in [5.74, 6) is 1.96. The second-order valence-electron chi connectivity index (χ2n) is 9.96. The molecule has 5 rings (SSSR count). The van der Waals surface area contributed by atoms with E-state index in [-0.39, 0.29) is 0 Å². The maximum atomic E-state index is 12.9. The third-order valence-electron chi connectivity index (χ3n) is 8.16. The summed E-state index contributed by atoms with van der Waals surface area (Å²) < 4.78 is 0. The molecule has 29 heavy (non-hydrogen) atoms. The van der Waals surface area contributed by atoms with E-state index in [1.807, 2.05) is 0 Å². The van der Waals surface area contributed by atoms with Gasteiger partial charge in [0.2, 0.25) is 5.91 Å². The molecule has 0 N–H and O–H groups in total. The molecule has 2 heterocycles. The van der Waals surface area contributed by atoms with Crippen LogP contribution in [0.3, 0.4) is 0 Å². The Morgan fingerprint density at radius 1 is 1.03 bits per heavy atom. The van der Waals surface area contributed by atoms with Crippen molar-refractivity contribution in [1.82, 2.24) is 9.80 Å². The lowest BCUT2D eigenvalue weighted by Gasteiger charge is -2.22. The van der Waals surface area contributed by atoms with Crippen molar-refractivity contribution >= 4 is 11.5 Å².